The molecule has 0 bridgehead atoms. The van der Waals surface area contributed by atoms with Gasteiger partial charge in [-0.05, 0) is 56.2 Å². The summed E-state index contributed by atoms with van der Waals surface area (Å²) in [6.07, 6.45) is 4.00. The Morgan fingerprint density at radius 3 is 2.23 bits per heavy atom. The van der Waals surface area contributed by atoms with Crippen molar-refractivity contribution in [2.75, 3.05) is 13.1 Å². The Labute approximate surface area is 137 Å². The van der Waals surface area contributed by atoms with E-state index in [1.54, 1.807) is 4.90 Å². The van der Waals surface area contributed by atoms with Crippen molar-refractivity contribution in [3.8, 4) is 0 Å². The number of hydrogen-bond acceptors (Lipinski definition) is 3. The third-order valence-corrected chi connectivity index (χ3v) is 4.78. The highest BCUT2D eigenvalue weighted by atomic mass is 32.1. The molecule has 1 N–H and O–H groups in total. The first-order chi connectivity index (χ1) is 10.6. The van der Waals surface area contributed by atoms with Crippen LogP contribution in [-0.4, -0.2) is 40.0 Å². The smallest absolute Gasteiger partial charge is 0.251 e. The van der Waals surface area contributed by atoms with Crippen molar-refractivity contribution in [2.45, 2.75) is 45.3 Å². The number of carbonyl (C=O) groups excluding carboxylic acids is 1. The summed E-state index contributed by atoms with van der Waals surface area (Å²) in [6.45, 7) is 5.85. The van der Waals surface area contributed by atoms with Gasteiger partial charge in [0.2, 0.25) is 0 Å². The second-order valence-electron chi connectivity index (χ2n) is 6.25. The van der Waals surface area contributed by atoms with E-state index < -0.39 is 0 Å². The van der Waals surface area contributed by atoms with Crippen LogP contribution in [-0.2, 0) is 17.9 Å². The zero-order valence-corrected chi connectivity index (χ0v) is 13.9. The van der Waals surface area contributed by atoms with Gasteiger partial charge in [-0.3, -0.25) is 14.6 Å². The number of benzene rings is 1. The minimum atomic E-state index is -0.203. The summed E-state index contributed by atoms with van der Waals surface area (Å²) < 4.78 is 0. The van der Waals surface area contributed by atoms with Crippen molar-refractivity contribution in [2.24, 2.45) is 0 Å². The quantitative estimate of drug-likeness (QED) is 0.864. The number of rotatable bonds is 4. The van der Waals surface area contributed by atoms with Crippen molar-refractivity contribution in [3.63, 3.8) is 0 Å². The van der Waals surface area contributed by atoms with Gasteiger partial charge in [0.05, 0.1) is 6.54 Å². The maximum atomic E-state index is 12.0. The van der Waals surface area contributed by atoms with E-state index in [4.69, 9.17) is 12.2 Å². The van der Waals surface area contributed by atoms with E-state index in [2.05, 4.69) is 34.5 Å². The molecule has 0 unspecified atom stereocenters. The van der Waals surface area contributed by atoms with E-state index in [0.29, 0.717) is 11.7 Å². The van der Waals surface area contributed by atoms with E-state index in [-0.39, 0.29) is 11.9 Å². The van der Waals surface area contributed by atoms with Gasteiger partial charge in [0, 0.05) is 6.54 Å². The topological polar surface area (TPSA) is 35.6 Å². The van der Waals surface area contributed by atoms with Crippen LogP contribution in [0.5, 0.6) is 0 Å². The molecular formula is C17H23N3OS. The Hall–Kier alpha value is -1.46. The largest absolute Gasteiger partial charge is 0.351 e. The molecule has 2 saturated heterocycles. The lowest BCUT2D eigenvalue weighted by Crippen LogP contribution is -2.30. The Kier molecular flexibility index (Phi) is 4.74. The second-order valence-corrected chi connectivity index (χ2v) is 6.64. The predicted octanol–water partition coefficient (Wildman–Crippen LogP) is 2.28. The van der Waals surface area contributed by atoms with Crippen LogP contribution >= 0.6 is 12.2 Å². The Morgan fingerprint density at radius 1 is 1.09 bits per heavy atom. The molecule has 1 amide bonds. The lowest BCUT2D eigenvalue weighted by atomic mass is 10.1. The van der Waals surface area contributed by atoms with Crippen LogP contribution in [0.4, 0.5) is 0 Å². The van der Waals surface area contributed by atoms with Gasteiger partial charge in [-0.25, -0.2) is 0 Å². The van der Waals surface area contributed by atoms with Gasteiger partial charge >= 0.3 is 0 Å². The van der Waals surface area contributed by atoms with Crippen LogP contribution < -0.4 is 5.32 Å². The molecular weight excluding hydrogens is 294 g/mol. The number of nitrogens with one attached hydrogen (secondary N) is 1. The lowest BCUT2D eigenvalue weighted by Gasteiger charge is -2.26. The summed E-state index contributed by atoms with van der Waals surface area (Å²) in [6, 6.07) is 8.36. The molecule has 0 spiro atoms. The molecule has 0 saturated carbocycles. The first-order valence-corrected chi connectivity index (χ1v) is 8.46. The summed E-state index contributed by atoms with van der Waals surface area (Å²) in [5.41, 5.74) is 2.46. The summed E-state index contributed by atoms with van der Waals surface area (Å²) in [7, 11) is 0. The first-order valence-electron chi connectivity index (χ1n) is 8.05. The third kappa shape index (κ3) is 3.47. The van der Waals surface area contributed by atoms with Gasteiger partial charge in [-0.15, -0.1) is 0 Å². The molecule has 22 heavy (non-hydrogen) atoms. The molecule has 3 rings (SSSR count). The third-order valence-electron chi connectivity index (χ3n) is 4.44. The molecule has 1 aromatic carbocycles. The molecule has 4 nitrogen and oxygen atoms in total. The van der Waals surface area contributed by atoms with Crippen molar-refractivity contribution in [3.05, 3.63) is 35.4 Å². The molecule has 2 aliphatic rings. The van der Waals surface area contributed by atoms with E-state index in [9.17, 15) is 4.79 Å². The second kappa shape index (κ2) is 6.75. The molecule has 2 fully saturated rings. The normalized spacial score (nSPS) is 23.0. The van der Waals surface area contributed by atoms with Crippen molar-refractivity contribution in [1.29, 1.82) is 0 Å². The summed E-state index contributed by atoms with van der Waals surface area (Å²) in [5, 5.41) is 3.54. The van der Waals surface area contributed by atoms with Crippen molar-refractivity contribution < 1.29 is 4.79 Å². The minimum absolute atomic E-state index is 0.0578. The van der Waals surface area contributed by atoms with Crippen LogP contribution in [0.3, 0.4) is 0 Å². The average Bonchev–Trinajstić information content (AvgIpc) is 2.77. The number of likely N-dealkylation sites (tertiary alicyclic amines) is 1. The van der Waals surface area contributed by atoms with Gasteiger partial charge in [-0.1, -0.05) is 30.7 Å². The van der Waals surface area contributed by atoms with Crippen molar-refractivity contribution in [1.82, 2.24) is 15.1 Å². The number of thiocarbonyl (C=S) groups is 1. The van der Waals surface area contributed by atoms with Crippen molar-refractivity contribution >= 4 is 23.2 Å². The Balaban J connectivity index is 1.59. The van der Waals surface area contributed by atoms with Gasteiger partial charge in [0.1, 0.15) is 6.04 Å². The summed E-state index contributed by atoms with van der Waals surface area (Å²) >= 11 is 5.22. The zero-order valence-electron chi connectivity index (χ0n) is 13.0. The highest BCUT2D eigenvalue weighted by molar-refractivity contribution is 7.80. The van der Waals surface area contributed by atoms with E-state index in [1.807, 2.05) is 6.92 Å². The van der Waals surface area contributed by atoms with Crippen LogP contribution in [0.1, 0.15) is 37.3 Å². The highest BCUT2D eigenvalue weighted by Crippen LogP contribution is 2.16. The molecule has 0 aromatic heterocycles. The van der Waals surface area contributed by atoms with E-state index >= 15 is 0 Å². The SMILES string of the molecule is C[C@H]1NC(=S)N(Cc2ccc(CN3CCCCC3)cc2)C1=O. The maximum Gasteiger partial charge on any atom is 0.251 e. The molecule has 118 valence electrons. The van der Waals surface area contributed by atoms with E-state index in [0.717, 1.165) is 12.1 Å². The monoisotopic (exact) mass is 317 g/mol. The minimum Gasteiger partial charge on any atom is -0.351 e. The molecule has 1 atom stereocenters. The number of carbonyl (C=O) groups is 1. The first kappa shape index (κ1) is 15.4. The maximum absolute atomic E-state index is 12.0. The number of hydrogen-bond donors (Lipinski definition) is 1. The van der Waals surface area contributed by atoms with Gasteiger partial charge in [0.15, 0.2) is 5.11 Å². The van der Waals surface area contributed by atoms with Gasteiger partial charge in [-0.2, -0.15) is 0 Å². The Bertz CT molecular complexity index is 552. The number of nitrogens with zero attached hydrogens (tertiary/aromatic N) is 2. The highest BCUT2D eigenvalue weighted by Gasteiger charge is 2.31. The van der Waals surface area contributed by atoms with Gasteiger partial charge < -0.3 is 5.32 Å². The van der Waals surface area contributed by atoms with E-state index in [1.165, 1.54) is 37.9 Å². The lowest BCUT2D eigenvalue weighted by molar-refractivity contribution is -0.127. The van der Waals surface area contributed by atoms with Crippen LogP contribution in [0, 0.1) is 0 Å². The fourth-order valence-corrected chi connectivity index (χ4v) is 3.45. The summed E-state index contributed by atoms with van der Waals surface area (Å²) in [4.78, 5) is 16.2. The summed E-state index contributed by atoms with van der Waals surface area (Å²) in [5.74, 6) is 0.0578. The molecule has 5 heteroatoms. The predicted molar refractivity (Wildman–Crippen MR) is 91.3 cm³/mol. The molecule has 0 aliphatic carbocycles. The molecule has 1 aromatic rings. The Morgan fingerprint density at radius 2 is 1.68 bits per heavy atom. The standard InChI is InChI=1S/C17H23N3OS/c1-13-16(21)20(17(22)18-13)12-15-7-5-14(6-8-15)11-19-9-3-2-4-10-19/h5-8,13H,2-4,9-12H2,1H3,(H,18,22)/t13-/m1/s1. The zero-order chi connectivity index (χ0) is 15.5. The van der Waals surface area contributed by atoms with Crippen LogP contribution in [0.25, 0.3) is 0 Å². The number of piperidine rings is 1. The van der Waals surface area contributed by atoms with Crippen LogP contribution in [0.2, 0.25) is 0 Å². The fraction of sp³-hybridized carbons (Fsp3) is 0.529. The van der Waals surface area contributed by atoms with Gasteiger partial charge in [0.25, 0.3) is 5.91 Å². The molecule has 2 heterocycles. The van der Waals surface area contributed by atoms with Crippen LogP contribution in [0.15, 0.2) is 24.3 Å². The molecule has 2 aliphatic heterocycles. The fourth-order valence-electron chi connectivity index (χ4n) is 3.12. The molecule has 0 radical (unpaired) electrons. The number of amides is 1. The average molecular weight is 317 g/mol.